The quantitative estimate of drug-likeness (QED) is 0.799. The Hall–Kier alpha value is -0.910. The Balaban J connectivity index is 2.21. The minimum Gasteiger partial charge on any atom is -0.468 e. The fourth-order valence-electron chi connectivity index (χ4n) is 2.30. The van der Waals surface area contributed by atoms with Gasteiger partial charge in [0.25, 0.3) is 5.92 Å². The van der Waals surface area contributed by atoms with E-state index >= 15 is 0 Å². The van der Waals surface area contributed by atoms with Crippen LogP contribution in [0, 0.1) is 0 Å². The number of carbonyl (C=O) groups is 1. The molecular weight excluding hydrogens is 311 g/mol. The third kappa shape index (κ3) is 3.40. The summed E-state index contributed by atoms with van der Waals surface area (Å²) in [5.74, 6) is -3.58. The Morgan fingerprint density at radius 3 is 2.85 bits per heavy atom. The molecule has 1 aromatic carbocycles. The van der Waals surface area contributed by atoms with Crippen molar-refractivity contribution in [1.29, 1.82) is 0 Å². The maximum atomic E-state index is 13.5. The maximum absolute atomic E-state index is 13.5. The smallest absolute Gasteiger partial charge is 0.323 e. The topological polar surface area (TPSA) is 29.5 Å². The van der Waals surface area contributed by atoms with Gasteiger partial charge in [-0.2, -0.15) is 0 Å². The average molecular weight is 324 g/mol. The molecular formula is C13H13Cl2F2NO2. The second-order valence-corrected chi connectivity index (χ2v) is 5.58. The number of likely N-dealkylation sites (tertiary alicyclic amines) is 1. The van der Waals surface area contributed by atoms with Crippen molar-refractivity contribution >= 4 is 29.2 Å². The first-order valence-electron chi connectivity index (χ1n) is 5.96. The van der Waals surface area contributed by atoms with Crippen molar-refractivity contribution in [1.82, 2.24) is 4.90 Å². The highest BCUT2D eigenvalue weighted by atomic mass is 35.5. The lowest BCUT2D eigenvalue weighted by atomic mass is 10.1. The lowest BCUT2D eigenvalue weighted by Gasteiger charge is -2.22. The molecule has 1 heterocycles. The van der Waals surface area contributed by atoms with Crippen molar-refractivity contribution in [3.8, 4) is 0 Å². The lowest BCUT2D eigenvalue weighted by molar-refractivity contribution is -0.146. The number of benzene rings is 1. The highest BCUT2D eigenvalue weighted by Gasteiger charge is 2.48. The molecule has 1 atom stereocenters. The zero-order valence-corrected chi connectivity index (χ0v) is 12.2. The van der Waals surface area contributed by atoms with Crippen LogP contribution in [0.2, 0.25) is 10.0 Å². The normalized spacial score (nSPS) is 21.9. The van der Waals surface area contributed by atoms with Crippen molar-refractivity contribution in [2.75, 3.05) is 13.7 Å². The van der Waals surface area contributed by atoms with Crippen LogP contribution < -0.4 is 0 Å². The van der Waals surface area contributed by atoms with Gasteiger partial charge < -0.3 is 4.74 Å². The van der Waals surface area contributed by atoms with Gasteiger partial charge in [0.15, 0.2) is 0 Å². The Kier molecular flexibility index (Phi) is 4.52. The minimum absolute atomic E-state index is 0.120. The number of hydrogen-bond donors (Lipinski definition) is 0. The van der Waals surface area contributed by atoms with Crippen LogP contribution in [0.1, 0.15) is 12.0 Å². The summed E-state index contributed by atoms with van der Waals surface area (Å²) in [5, 5.41) is 0.887. The minimum atomic E-state index is -2.91. The van der Waals surface area contributed by atoms with Crippen LogP contribution in [-0.4, -0.2) is 36.5 Å². The number of alkyl halides is 2. The van der Waals surface area contributed by atoms with E-state index in [4.69, 9.17) is 23.2 Å². The highest BCUT2D eigenvalue weighted by Crippen LogP contribution is 2.34. The van der Waals surface area contributed by atoms with Gasteiger partial charge >= 0.3 is 5.97 Å². The molecule has 1 aliphatic rings. The van der Waals surface area contributed by atoms with Gasteiger partial charge in [-0.15, -0.1) is 0 Å². The van der Waals surface area contributed by atoms with Gasteiger partial charge in [-0.05, 0) is 23.8 Å². The van der Waals surface area contributed by atoms with E-state index in [0.29, 0.717) is 15.6 Å². The molecule has 0 aliphatic carbocycles. The molecule has 0 spiro atoms. The van der Waals surface area contributed by atoms with E-state index < -0.39 is 30.9 Å². The number of halogens is 4. The highest BCUT2D eigenvalue weighted by molar-refractivity contribution is 6.33. The second kappa shape index (κ2) is 5.84. The molecule has 2 rings (SSSR count). The predicted molar refractivity (Wildman–Crippen MR) is 72.2 cm³/mol. The molecule has 1 aromatic rings. The number of rotatable bonds is 3. The molecule has 0 radical (unpaired) electrons. The number of hydrogen-bond acceptors (Lipinski definition) is 3. The van der Waals surface area contributed by atoms with Gasteiger partial charge in [0.1, 0.15) is 6.04 Å². The molecule has 1 aliphatic heterocycles. The van der Waals surface area contributed by atoms with Gasteiger partial charge in [0.05, 0.1) is 13.7 Å². The first kappa shape index (κ1) is 15.5. The Labute approximate surface area is 125 Å². The number of nitrogens with zero attached hydrogens (tertiary/aromatic N) is 1. The SMILES string of the molecule is COC(=O)[C@@H]1CC(F)(F)CN1Cc1cc(Cl)ccc1Cl. The van der Waals surface area contributed by atoms with E-state index in [0.717, 1.165) is 0 Å². The summed E-state index contributed by atoms with van der Waals surface area (Å²) in [5.41, 5.74) is 0.603. The van der Waals surface area contributed by atoms with Crippen LogP contribution in [0.15, 0.2) is 18.2 Å². The van der Waals surface area contributed by atoms with Gasteiger partial charge in [-0.1, -0.05) is 23.2 Å². The van der Waals surface area contributed by atoms with Crippen molar-refractivity contribution in [3.63, 3.8) is 0 Å². The predicted octanol–water partition coefficient (Wildman–Crippen LogP) is 3.38. The van der Waals surface area contributed by atoms with Gasteiger partial charge in [0.2, 0.25) is 0 Å². The van der Waals surface area contributed by atoms with E-state index in [-0.39, 0.29) is 6.54 Å². The van der Waals surface area contributed by atoms with Crippen LogP contribution in [0.3, 0.4) is 0 Å². The Morgan fingerprint density at radius 2 is 2.20 bits per heavy atom. The summed E-state index contributed by atoms with van der Waals surface area (Å²) in [6.07, 6.45) is -0.544. The molecule has 0 amide bonds. The second-order valence-electron chi connectivity index (χ2n) is 4.74. The number of esters is 1. The maximum Gasteiger partial charge on any atom is 0.323 e. The largest absolute Gasteiger partial charge is 0.468 e. The molecule has 0 aromatic heterocycles. The van der Waals surface area contributed by atoms with Crippen LogP contribution >= 0.6 is 23.2 Å². The van der Waals surface area contributed by atoms with Crippen molar-refractivity contribution < 1.29 is 18.3 Å². The number of methoxy groups -OCH3 is 1. The van der Waals surface area contributed by atoms with Crippen molar-refractivity contribution in [2.45, 2.75) is 24.9 Å². The standard InChI is InChI=1S/C13H13Cl2F2NO2/c1-20-12(19)11-5-13(16,17)7-18(11)6-8-4-9(14)2-3-10(8)15/h2-4,11H,5-7H2,1H3/t11-/m0/s1. The first-order valence-corrected chi connectivity index (χ1v) is 6.71. The van der Waals surface area contributed by atoms with Gasteiger partial charge in [-0.3, -0.25) is 9.69 Å². The number of ether oxygens (including phenoxy) is 1. The summed E-state index contributed by atoms with van der Waals surface area (Å²) in [7, 11) is 1.18. The van der Waals surface area contributed by atoms with E-state index in [9.17, 15) is 13.6 Å². The van der Waals surface area contributed by atoms with Gasteiger partial charge in [-0.25, -0.2) is 8.78 Å². The zero-order valence-electron chi connectivity index (χ0n) is 10.7. The van der Waals surface area contributed by atoms with Crippen LogP contribution in [-0.2, 0) is 16.1 Å². The number of carbonyl (C=O) groups excluding carboxylic acids is 1. The molecule has 7 heteroatoms. The summed E-state index contributed by atoms with van der Waals surface area (Å²) in [6, 6.07) is 3.85. The van der Waals surface area contributed by atoms with E-state index in [2.05, 4.69) is 4.74 Å². The molecule has 0 N–H and O–H groups in total. The average Bonchev–Trinajstić information content (AvgIpc) is 2.68. The van der Waals surface area contributed by atoms with E-state index in [1.54, 1.807) is 18.2 Å². The Morgan fingerprint density at radius 1 is 1.50 bits per heavy atom. The lowest BCUT2D eigenvalue weighted by Crippen LogP contribution is -2.36. The van der Waals surface area contributed by atoms with Crippen LogP contribution in [0.4, 0.5) is 8.78 Å². The fourth-order valence-corrected chi connectivity index (χ4v) is 2.67. The molecule has 1 fully saturated rings. The summed E-state index contributed by atoms with van der Waals surface area (Å²) in [4.78, 5) is 13.0. The van der Waals surface area contributed by atoms with Crippen molar-refractivity contribution in [3.05, 3.63) is 33.8 Å². The van der Waals surface area contributed by atoms with Crippen LogP contribution in [0.25, 0.3) is 0 Å². The molecule has 1 saturated heterocycles. The summed E-state index contributed by atoms with van der Waals surface area (Å²) >= 11 is 11.9. The monoisotopic (exact) mass is 323 g/mol. The summed E-state index contributed by atoms with van der Waals surface area (Å²) in [6.45, 7) is -0.385. The van der Waals surface area contributed by atoms with E-state index in [1.807, 2.05) is 0 Å². The zero-order chi connectivity index (χ0) is 14.9. The fraction of sp³-hybridized carbons (Fsp3) is 0.462. The first-order chi connectivity index (χ1) is 9.32. The Bertz CT molecular complexity index is 525. The van der Waals surface area contributed by atoms with Gasteiger partial charge in [0, 0.05) is 23.0 Å². The van der Waals surface area contributed by atoms with Crippen LogP contribution in [0.5, 0.6) is 0 Å². The molecule has 20 heavy (non-hydrogen) atoms. The molecule has 3 nitrogen and oxygen atoms in total. The third-order valence-electron chi connectivity index (χ3n) is 3.22. The molecule has 0 bridgehead atoms. The summed E-state index contributed by atoms with van der Waals surface area (Å²) < 4.78 is 31.6. The molecule has 0 unspecified atom stereocenters. The third-order valence-corrected chi connectivity index (χ3v) is 3.83. The van der Waals surface area contributed by atoms with E-state index in [1.165, 1.54) is 12.0 Å². The molecule has 110 valence electrons. The molecule has 0 saturated carbocycles. The van der Waals surface area contributed by atoms with Crippen molar-refractivity contribution in [2.24, 2.45) is 0 Å².